The Kier molecular flexibility index (Phi) is 42.6. The second kappa shape index (κ2) is 48.8. The number of benzene rings is 8. The predicted molar refractivity (Wildman–Crippen MR) is 383 cm³/mol. The Bertz CT molecular complexity index is 3130. The van der Waals surface area contributed by atoms with Gasteiger partial charge in [-0.1, -0.05) is 225 Å². The Morgan fingerprint density at radius 2 is 0.414 bits per heavy atom. The van der Waals surface area contributed by atoms with E-state index in [9.17, 15) is 58.8 Å². The van der Waals surface area contributed by atoms with Crippen LogP contribution in [0.25, 0.3) is 0 Å². The van der Waals surface area contributed by atoms with E-state index in [2.05, 4.69) is 21.7 Å². The van der Waals surface area contributed by atoms with Crippen LogP contribution < -0.4 is 62.2 Å². The number of carbonyl (C=O) groups excluding carboxylic acids is 8. The SMILES string of the molecule is CCCCC(C(=O)[O-])C(=O)N(Nc1ccccc1)c1ccccc1.CCCCC(C(=O)[O-])C(=O)N(Nc1ccccc1)c1ccccc1.CCCCC(C(=O)[O-])C(=O)N(Nc1ccccc1)c1ccccc1.CCCCC(C(=O)[O-])C(=O)N(Nc1ccccc1)c1ccccc1.O.[Ca+2].[Ca+2]. The minimum atomic E-state index is -1.34. The molecule has 0 aromatic heterocycles. The third-order valence-corrected chi connectivity index (χ3v) is 14.7. The van der Waals surface area contributed by atoms with Crippen molar-refractivity contribution in [1.82, 2.24) is 0 Å². The van der Waals surface area contributed by atoms with E-state index in [0.717, 1.165) is 25.7 Å². The molecule has 8 aromatic carbocycles. The number of hydrogen-bond acceptors (Lipinski definition) is 16. The quantitative estimate of drug-likeness (QED) is 0.0174. The fourth-order valence-corrected chi connectivity index (χ4v) is 9.49. The van der Waals surface area contributed by atoms with E-state index in [-0.39, 0.29) is 107 Å². The summed E-state index contributed by atoms with van der Waals surface area (Å²) in [6.45, 7) is 7.81. The van der Waals surface area contributed by atoms with Crippen molar-refractivity contribution in [2.45, 2.75) is 105 Å². The summed E-state index contributed by atoms with van der Waals surface area (Å²) in [6.07, 6.45) is 6.91. The summed E-state index contributed by atoms with van der Waals surface area (Å²) in [5, 5.41) is 50.9. The number of nitrogens with one attached hydrogen (secondary N) is 4. The molecule has 6 N–H and O–H groups in total. The molecule has 0 heterocycles. The van der Waals surface area contributed by atoms with Crippen molar-refractivity contribution in [2.24, 2.45) is 23.7 Å². The van der Waals surface area contributed by atoms with Gasteiger partial charge in [-0.2, -0.15) is 0 Å². The Labute approximate surface area is 639 Å². The van der Waals surface area contributed by atoms with E-state index >= 15 is 0 Å². The molecule has 4 amide bonds. The Morgan fingerprint density at radius 3 is 0.545 bits per heavy atom. The van der Waals surface area contributed by atoms with Crippen LogP contribution in [0, 0.1) is 23.7 Å². The van der Waals surface area contributed by atoms with Crippen LogP contribution in [0.5, 0.6) is 0 Å². The summed E-state index contributed by atoms with van der Waals surface area (Å²) in [6, 6.07) is 72.3. The van der Waals surface area contributed by atoms with Crippen LogP contribution in [0.4, 0.5) is 45.5 Å². The molecule has 0 radical (unpaired) electrons. The van der Waals surface area contributed by atoms with Crippen LogP contribution >= 0.6 is 0 Å². The molecular weight excluding hydrogens is 1310 g/mol. The smallest absolute Gasteiger partial charge is 0.549 e. The van der Waals surface area contributed by atoms with Crippen molar-refractivity contribution < 1.29 is 64.3 Å². The van der Waals surface area contributed by atoms with Crippen molar-refractivity contribution in [3.63, 3.8) is 0 Å². The molecule has 99 heavy (non-hydrogen) atoms. The van der Waals surface area contributed by atoms with Crippen LogP contribution in [0.15, 0.2) is 243 Å². The number of anilines is 8. The molecule has 0 saturated heterocycles. The second-order valence-electron chi connectivity index (χ2n) is 22.0. The Hall–Kier alpha value is -8.80. The summed E-state index contributed by atoms with van der Waals surface area (Å²) in [4.78, 5) is 97.1. The predicted octanol–water partition coefficient (Wildman–Crippen LogP) is 8.83. The van der Waals surface area contributed by atoms with Gasteiger partial charge in [-0.25, -0.2) is 20.0 Å². The molecule has 0 aliphatic rings. The van der Waals surface area contributed by atoms with Gasteiger partial charge < -0.3 is 45.1 Å². The number of hydrogen-bond donors (Lipinski definition) is 4. The van der Waals surface area contributed by atoms with Crippen LogP contribution in [-0.4, -0.2) is 128 Å². The standard InChI is InChI=1S/4C19H22N2O3.2Ca.H2O/c4*1-2-3-14-17(19(23)24)18(22)21(16-12-8-5-9-13-16)20-15-10-6-4-7-11-15;;;/h4*4-13,17,20H,2-3,14H2,1H3,(H,23,24);;;1H2/q;;;;2*+2;/p-4. The maximum absolute atomic E-state index is 12.8. The molecular formula is C76H86Ca2N8O13. The van der Waals surface area contributed by atoms with Crippen molar-refractivity contribution in [3.05, 3.63) is 243 Å². The monoisotopic (exact) mass is 1400 g/mol. The largest absolute Gasteiger partial charge is 2.00 e. The number of carboxylic acid groups (broad SMARTS) is 4. The summed E-state index contributed by atoms with van der Waals surface area (Å²) >= 11 is 0. The first-order chi connectivity index (χ1) is 46.5. The van der Waals surface area contributed by atoms with Gasteiger partial charge in [0.1, 0.15) is 0 Å². The maximum Gasteiger partial charge on any atom is 2.00 e. The van der Waals surface area contributed by atoms with Gasteiger partial charge in [-0.3, -0.25) is 40.9 Å². The number of rotatable bonds is 32. The van der Waals surface area contributed by atoms with Crippen molar-refractivity contribution in [2.75, 3.05) is 41.7 Å². The van der Waals surface area contributed by atoms with E-state index in [1.54, 1.807) is 97.1 Å². The molecule has 4 atom stereocenters. The van der Waals surface area contributed by atoms with E-state index in [4.69, 9.17) is 0 Å². The molecule has 4 unspecified atom stereocenters. The molecule has 21 nitrogen and oxygen atoms in total. The van der Waals surface area contributed by atoms with Crippen LogP contribution in [0.1, 0.15) is 105 Å². The summed E-state index contributed by atoms with van der Waals surface area (Å²) in [7, 11) is 0. The van der Waals surface area contributed by atoms with E-state index in [1.807, 2.05) is 173 Å². The molecule has 8 rings (SSSR count). The molecule has 0 bridgehead atoms. The minimum Gasteiger partial charge on any atom is -0.549 e. The zero-order chi connectivity index (χ0) is 69.5. The van der Waals surface area contributed by atoms with Crippen molar-refractivity contribution in [3.8, 4) is 0 Å². The zero-order valence-electron chi connectivity index (χ0n) is 56.5. The first kappa shape index (κ1) is 86.3. The number of unbranched alkanes of at least 4 members (excludes halogenated alkanes) is 4. The first-order valence-electron chi connectivity index (χ1n) is 32.2. The van der Waals surface area contributed by atoms with Gasteiger partial charge in [0.05, 0.1) is 93.0 Å². The second-order valence-corrected chi connectivity index (χ2v) is 22.0. The number of aliphatic carboxylic acids is 4. The Balaban J connectivity index is 0.000000444. The summed E-state index contributed by atoms with van der Waals surface area (Å²) in [5.74, 6) is -12.2. The maximum atomic E-state index is 12.8. The third kappa shape index (κ3) is 29.7. The molecule has 0 aliphatic heterocycles. The van der Waals surface area contributed by atoms with Crippen LogP contribution in [-0.2, 0) is 38.4 Å². The van der Waals surface area contributed by atoms with Gasteiger partial charge in [-0.15, -0.1) is 0 Å². The molecule has 0 spiro atoms. The van der Waals surface area contributed by atoms with Gasteiger partial charge in [0.2, 0.25) is 0 Å². The van der Waals surface area contributed by atoms with Crippen LogP contribution in [0.3, 0.4) is 0 Å². The molecule has 512 valence electrons. The number of amides is 4. The number of para-hydroxylation sites is 8. The van der Waals surface area contributed by atoms with Gasteiger partial charge >= 0.3 is 75.5 Å². The normalized spacial score (nSPS) is 11.2. The molecule has 23 heteroatoms. The van der Waals surface area contributed by atoms with Crippen molar-refractivity contribution in [1.29, 1.82) is 0 Å². The van der Waals surface area contributed by atoms with Gasteiger partial charge in [0.15, 0.2) is 0 Å². The van der Waals surface area contributed by atoms with E-state index in [1.165, 1.54) is 20.0 Å². The number of nitrogens with zero attached hydrogens (tertiary/aromatic N) is 4. The Morgan fingerprint density at radius 1 is 0.273 bits per heavy atom. The molecule has 8 aromatic rings. The zero-order valence-corrected chi connectivity index (χ0v) is 60.9. The van der Waals surface area contributed by atoms with Gasteiger partial charge in [0, 0.05) is 0 Å². The fraction of sp³-hybridized carbons (Fsp3) is 0.263. The number of carboxylic acids is 4. The van der Waals surface area contributed by atoms with E-state index in [0.29, 0.717) is 71.2 Å². The van der Waals surface area contributed by atoms with E-state index < -0.39 is 71.2 Å². The van der Waals surface area contributed by atoms with Crippen molar-refractivity contribution >= 4 is 168 Å². The molecule has 0 aliphatic carbocycles. The fourth-order valence-electron chi connectivity index (χ4n) is 9.49. The summed E-state index contributed by atoms with van der Waals surface area (Å²) < 4.78 is 0. The number of carbonyl (C=O) groups is 8. The summed E-state index contributed by atoms with van der Waals surface area (Å²) in [5.41, 5.74) is 17.1. The molecule has 0 fully saturated rings. The number of hydrazine groups is 4. The van der Waals surface area contributed by atoms with Gasteiger partial charge in [0.25, 0.3) is 23.6 Å². The average Bonchev–Trinajstić information content (AvgIpc) is 0.916. The average molecular weight is 1400 g/mol. The van der Waals surface area contributed by atoms with Gasteiger partial charge in [-0.05, 0) is 123 Å². The first-order valence-corrected chi connectivity index (χ1v) is 32.2. The topological polar surface area (TPSA) is 321 Å². The third-order valence-electron chi connectivity index (χ3n) is 14.7. The van der Waals surface area contributed by atoms with Crippen LogP contribution in [0.2, 0.25) is 0 Å². The minimum absolute atomic E-state index is 0. The molecule has 0 saturated carbocycles.